The van der Waals surface area contributed by atoms with Crippen molar-refractivity contribution in [2.75, 3.05) is 27.2 Å². The fourth-order valence-electron chi connectivity index (χ4n) is 2.03. The van der Waals surface area contributed by atoms with Gasteiger partial charge in [0.25, 0.3) is 5.91 Å². The molecule has 26 heavy (non-hydrogen) atoms. The summed E-state index contributed by atoms with van der Waals surface area (Å²) < 4.78 is 28.9. The Morgan fingerprint density at radius 2 is 2.04 bits per heavy atom. The zero-order valence-corrected chi connectivity index (χ0v) is 15.4. The molecule has 0 atom stereocenters. The van der Waals surface area contributed by atoms with Crippen LogP contribution in [0, 0.1) is 0 Å². The van der Waals surface area contributed by atoms with E-state index in [9.17, 15) is 18.0 Å². The van der Waals surface area contributed by atoms with E-state index < -0.39 is 15.9 Å². The summed E-state index contributed by atoms with van der Waals surface area (Å²) in [6.45, 7) is 0.463. The van der Waals surface area contributed by atoms with E-state index in [1.807, 2.05) is 0 Å². The highest BCUT2D eigenvalue weighted by Gasteiger charge is 2.16. The molecule has 0 aliphatic heterocycles. The largest absolute Gasteiger partial charge is 0.347 e. The lowest BCUT2D eigenvalue weighted by atomic mass is 10.2. The van der Waals surface area contributed by atoms with Crippen molar-refractivity contribution in [1.29, 1.82) is 0 Å². The maximum atomic E-state index is 12.4. The number of hydrogen-bond acceptors (Lipinski definition) is 5. The van der Waals surface area contributed by atoms with Crippen LogP contribution in [0.1, 0.15) is 10.4 Å². The molecular formula is C16H21N5O4S. The molecule has 1 heterocycles. The summed E-state index contributed by atoms with van der Waals surface area (Å²) in [6.07, 6.45) is 4.93. The third-order valence-electron chi connectivity index (χ3n) is 3.53. The van der Waals surface area contributed by atoms with Gasteiger partial charge in [0.15, 0.2) is 0 Å². The van der Waals surface area contributed by atoms with Crippen LogP contribution < -0.4 is 10.0 Å². The van der Waals surface area contributed by atoms with Crippen molar-refractivity contribution in [2.45, 2.75) is 11.4 Å². The molecule has 0 radical (unpaired) electrons. The van der Waals surface area contributed by atoms with Crippen molar-refractivity contribution in [1.82, 2.24) is 24.5 Å². The van der Waals surface area contributed by atoms with Crippen molar-refractivity contribution in [3.05, 3.63) is 48.5 Å². The summed E-state index contributed by atoms with van der Waals surface area (Å²) in [5.41, 5.74) is 0.161. The average Bonchev–Trinajstić information content (AvgIpc) is 3.12. The van der Waals surface area contributed by atoms with Gasteiger partial charge in [0.1, 0.15) is 0 Å². The first kappa shape index (κ1) is 19.6. The van der Waals surface area contributed by atoms with Gasteiger partial charge in [0, 0.05) is 45.1 Å². The number of hydrogen-bond donors (Lipinski definition) is 2. The van der Waals surface area contributed by atoms with E-state index in [1.165, 1.54) is 29.2 Å². The second kappa shape index (κ2) is 8.59. The summed E-state index contributed by atoms with van der Waals surface area (Å²) >= 11 is 0. The molecule has 0 bridgehead atoms. The van der Waals surface area contributed by atoms with E-state index in [1.54, 1.807) is 37.4 Å². The summed E-state index contributed by atoms with van der Waals surface area (Å²) in [4.78, 5) is 28.8. The van der Waals surface area contributed by atoms with Crippen molar-refractivity contribution in [3.8, 4) is 0 Å². The molecule has 9 nitrogen and oxygen atoms in total. The van der Waals surface area contributed by atoms with Gasteiger partial charge in [-0.25, -0.2) is 18.1 Å². The van der Waals surface area contributed by atoms with Gasteiger partial charge in [0.05, 0.1) is 17.8 Å². The van der Waals surface area contributed by atoms with E-state index in [0.29, 0.717) is 6.54 Å². The van der Waals surface area contributed by atoms with Gasteiger partial charge in [-0.1, -0.05) is 6.07 Å². The Morgan fingerprint density at radius 1 is 1.27 bits per heavy atom. The summed E-state index contributed by atoms with van der Waals surface area (Å²) in [7, 11) is -0.592. The Balaban J connectivity index is 1.99. The van der Waals surface area contributed by atoms with E-state index in [0.717, 1.165) is 0 Å². The van der Waals surface area contributed by atoms with Crippen LogP contribution in [0.3, 0.4) is 0 Å². The van der Waals surface area contributed by atoms with E-state index >= 15 is 0 Å². The minimum Gasteiger partial charge on any atom is -0.347 e. The number of nitrogens with zero attached hydrogens (tertiary/aromatic N) is 3. The molecule has 2 amide bonds. The maximum Gasteiger partial charge on any atom is 0.251 e. The number of imidazole rings is 1. The predicted molar refractivity (Wildman–Crippen MR) is 94.9 cm³/mol. The number of aromatic nitrogens is 2. The smallest absolute Gasteiger partial charge is 0.251 e. The van der Waals surface area contributed by atoms with Crippen LogP contribution in [-0.2, 0) is 21.4 Å². The minimum atomic E-state index is -3.75. The highest BCUT2D eigenvalue weighted by molar-refractivity contribution is 7.89. The van der Waals surface area contributed by atoms with Crippen LogP contribution in [0.5, 0.6) is 0 Å². The zero-order chi connectivity index (χ0) is 19.2. The number of amides is 2. The zero-order valence-electron chi connectivity index (χ0n) is 14.5. The molecule has 2 N–H and O–H groups in total. The molecule has 2 rings (SSSR count). The second-order valence-corrected chi connectivity index (χ2v) is 7.46. The number of benzene rings is 1. The van der Waals surface area contributed by atoms with Crippen LogP contribution in [0.2, 0.25) is 0 Å². The van der Waals surface area contributed by atoms with Gasteiger partial charge in [-0.3, -0.25) is 9.59 Å². The molecule has 1 aromatic heterocycles. The third kappa shape index (κ3) is 5.39. The second-order valence-electron chi connectivity index (χ2n) is 5.70. The van der Waals surface area contributed by atoms with Crippen molar-refractivity contribution >= 4 is 21.8 Å². The normalized spacial score (nSPS) is 11.2. The predicted octanol–water partition coefficient (Wildman–Crippen LogP) is -0.320. The highest BCUT2D eigenvalue weighted by Crippen LogP contribution is 2.11. The van der Waals surface area contributed by atoms with Gasteiger partial charge in [0.2, 0.25) is 15.9 Å². The molecule has 140 valence electrons. The van der Waals surface area contributed by atoms with Crippen LogP contribution in [0.25, 0.3) is 0 Å². The van der Waals surface area contributed by atoms with Gasteiger partial charge in [-0.2, -0.15) is 0 Å². The lowest BCUT2D eigenvalue weighted by Crippen LogP contribution is -2.36. The van der Waals surface area contributed by atoms with E-state index in [2.05, 4.69) is 15.0 Å². The van der Waals surface area contributed by atoms with Crippen LogP contribution in [-0.4, -0.2) is 61.9 Å². The Hall–Kier alpha value is -2.72. The number of likely N-dealkylation sites (N-methyl/N-ethyl adjacent to an activating group) is 1. The standard InChI is InChI=1S/C16H21N5O4S/c1-20(2)15(22)11-18-16(23)13-4-3-5-14(10-13)26(24,25)19-7-9-21-8-6-17-12-21/h3-6,8,10,12,19H,7,9,11H2,1-2H3,(H,18,23). The fourth-order valence-corrected chi connectivity index (χ4v) is 3.10. The first-order valence-electron chi connectivity index (χ1n) is 7.83. The molecule has 0 unspecified atom stereocenters. The van der Waals surface area contributed by atoms with Crippen LogP contribution in [0.15, 0.2) is 47.9 Å². The lowest BCUT2D eigenvalue weighted by Gasteiger charge is -2.11. The molecule has 0 spiro atoms. The molecule has 0 saturated carbocycles. The number of carbonyl (C=O) groups excluding carboxylic acids is 2. The van der Waals surface area contributed by atoms with Gasteiger partial charge >= 0.3 is 0 Å². The van der Waals surface area contributed by atoms with Crippen molar-refractivity contribution < 1.29 is 18.0 Å². The Kier molecular flexibility index (Phi) is 6.47. The number of carbonyl (C=O) groups is 2. The Labute approximate surface area is 152 Å². The first-order chi connectivity index (χ1) is 12.3. The minimum absolute atomic E-state index is 0.0188. The third-order valence-corrected chi connectivity index (χ3v) is 4.99. The van der Waals surface area contributed by atoms with Gasteiger partial charge in [-0.15, -0.1) is 0 Å². The summed E-state index contributed by atoms with van der Waals surface area (Å²) in [5, 5.41) is 2.46. The molecule has 0 fully saturated rings. The molecule has 1 aromatic carbocycles. The first-order valence-corrected chi connectivity index (χ1v) is 9.32. The Morgan fingerprint density at radius 3 is 2.69 bits per heavy atom. The van der Waals surface area contributed by atoms with Gasteiger partial charge in [-0.05, 0) is 18.2 Å². The molecule has 0 aliphatic carbocycles. The highest BCUT2D eigenvalue weighted by atomic mass is 32.2. The maximum absolute atomic E-state index is 12.4. The topological polar surface area (TPSA) is 113 Å². The quantitative estimate of drug-likeness (QED) is 0.653. The summed E-state index contributed by atoms with van der Waals surface area (Å²) in [6, 6.07) is 5.64. The van der Waals surface area contributed by atoms with E-state index in [4.69, 9.17) is 0 Å². The van der Waals surface area contributed by atoms with E-state index in [-0.39, 0.29) is 29.5 Å². The fraction of sp³-hybridized carbons (Fsp3) is 0.312. The number of nitrogens with one attached hydrogen (secondary N) is 2. The monoisotopic (exact) mass is 379 g/mol. The molecule has 0 saturated heterocycles. The van der Waals surface area contributed by atoms with Crippen molar-refractivity contribution in [3.63, 3.8) is 0 Å². The molecule has 0 aliphatic rings. The molecular weight excluding hydrogens is 358 g/mol. The average molecular weight is 379 g/mol. The molecule has 10 heteroatoms. The van der Waals surface area contributed by atoms with Crippen LogP contribution >= 0.6 is 0 Å². The van der Waals surface area contributed by atoms with Gasteiger partial charge < -0.3 is 14.8 Å². The molecule has 2 aromatic rings. The number of rotatable bonds is 8. The lowest BCUT2D eigenvalue weighted by molar-refractivity contribution is -0.127. The Bertz CT molecular complexity index is 863. The van der Waals surface area contributed by atoms with Crippen molar-refractivity contribution in [2.24, 2.45) is 0 Å². The SMILES string of the molecule is CN(C)C(=O)CNC(=O)c1cccc(S(=O)(=O)NCCn2ccnc2)c1. The van der Waals surface area contributed by atoms with Crippen LogP contribution in [0.4, 0.5) is 0 Å². The number of sulfonamides is 1. The summed E-state index contributed by atoms with van der Waals surface area (Å²) in [5.74, 6) is -0.779.